The predicted octanol–water partition coefficient (Wildman–Crippen LogP) is 3.67. The number of nitrogens with one attached hydrogen (secondary N) is 2. The molecule has 2 atom stereocenters. The van der Waals surface area contributed by atoms with Gasteiger partial charge < -0.3 is 25.3 Å². The summed E-state index contributed by atoms with van der Waals surface area (Å²) >= 11 is 0. The molecule has 0 amide bonds. The van der Waals surface area contributed by atoms with Crippen LogP contribution in [0, 0.1) is 0 Å². The van der Waals surface area contributed by atoms with Crippen molar-refractivity contribution in [2.75, 3.05) is 13.2 Å². The van der Waals surface area contributed by atoms with E-state index in [4.69, 9.17) is 4.74 Å². The number of carboxylic acid groups (broad SMARTS) is 1. The highest BCUT2D eigenvalue weighted by Gasteiger charge is 2.16. The molecule has 0 aliphatic rings. The second-order valence-corrected chi connectivity index (χ2v) is 7.12. The summed E-state index contributed by atoms with van der Waals surface area (Å²) in [5.41, 5.74) is 2.95. The molecule has 0 aliphatic carbocycles. The molecular weight excluding hydrogens is 368 g/mol. The monoisotopic (exact) mass is 396 g/mol. The molecule has 1 aromatic heterocycles. The number of ether oxygens (including phenoxy) is 1. The first-order valence-electron chi connectivity index (χ1n) is 9.97. The van der Waals surface area contributed by atoms with Crippen molar-refractivity contribution < 1.29 is 19.7 Å². The van der Waals surface area contributed by atoms with Gasteiger partial charge in [-0.3, -0.25) is 4.79 Å². The number of hydrogen-bond donors (Lipinski definition) is 4. The zero-order chi connectivity index (χ0) is 20.6. The van der Waals surface area contributed by atoms with Crippen LogP contribution in [-0.2, 0) is 11.2 Å². The maximum atomic E-state index is 11.3. The smallest absolute Gasteiger partial charge is 0.304 e. The van der Waals surface area contributed by atoms with Crippen LogP contribution in [0.5, 0.6) is 5.75 Å². The highest BCUT2D eigenvalue weighted by Crippen LogP contribution is 2.21. The Labute approximate surface area is 170 Å². The number of carboxylic acids is 1. The van der Waals surface area contributed by atoms with E-state index in [0.717, 1.165) is 27.8 Å². The Morgan fingerprint density at radius 3 is 2.66 bits per heavy atom. The quantitative estimate of drug-likeness (QED) is 0.397. The molecule has 1 heterocycles. The van der Waals surface area contributed by atoms with E-state index in [2.05, 4.69) is 10.3 Å². The van der Waals surface area contributed by atoms with Crippen LogP contribution >= 0.6 is 0 Å². The van der Waals surface area contributed by atoms with Crippen molar-refractivity contribution in [2.24, 2.45) is 0 Å². The van der Waals surface area contributed by atoms with E-state index in [1.54, 1.807) is 0 Å². The van der Waals surface area contributed by atoms with Crippen molar-refractivity contribution in [3.63, 3.8) is 0 Å². The number of para-hydroxylation sites is 1. The third kappa shape index (κ3) is 5.82. The van der Waals surface area contributed by atoms with Crippen molar-refractivity contribution in [3.05, 3.63) is 65.9 Å². The van der Waals surface area contributed by atoms with Crippen molar-refractivity contribution in [1.82, 2.24) is 10.3 Å². The molecule has 0 radical (unpaired) electrons. The average Bonchev–Trinajstić information content (AvgIpc) is 3.11. The zero-order valence-electron chi connectivity index (χ0n) is 16.6. The van der Waals surface area contributed by atoms with Crippen LogP contribution in [0.25, 0.3) is 10.9 Å². The van der Waals surface area contributed by atoms with Crippen LogP contribution < -0.4 is 10.1 Å². The van der Waals surface area contributed by atoms with Crippen LogP contribution in [0.4, 0.5) is 0 Å². The predicted molar refractivity (Wildman–Crippen MR) is 113 cm³/mol. The normalized spacial score (nSPS) is 13.3. The number of H-pyrrole nitrogens is 1. The van der Waals surface area contributed by atoms with Gasteiger partial charge in [-0.15, -0.1) is 0 Å². The first-order valence-corrected chi connectivity index (χ1v) is 9.97. The van der Waals surface area contributed by atoms with Crippen molar-refractivity contribution in [1.29, 1.82) is 0 Å². The number of rotatable bonds is 11. The Balaban J connectivity index is 1.56. The molecule has 0 bridgehead atoms. The number of aliphatic hydroxyl groups excluding tert-OH is 1. The van der Waals surface area contributed by atoms with Crippen LogP contribution in [0.3, 0.4) is 0 Å². The summed E-state index contributed by atoms with van der Waals surface area (Å²) < 4.78 is 5.42. The highest BCUT2D eigenvalue weighted by molar-refractivity contribution is 5.83. The molecule has 0 saturated heterocycles. The number of benzene rings is 2. The molecule has 6 nitrogen and oxygen atoms in total. The van der Waals surface area contributed by atoms with Crippen LogP contribution in [0.2, 0.25) is 0 Å². The first-order chi connectivity index (χ1) is 14.1. The molecular formula is C23H28N2O4. The number of aliphatic hydroxyl groups is 1. The minimum atomic E-state index is -0.839. The van der Waals surface area contributed by atoms with Gasteiger partial charge in [-0.05, 0) is 55.6 Å². The van der Waals surface area contributed by atoms with Gasteiger partial charge in [0, 0.05) is 23.1 Å². The van der Waals surface area contributed by atoms with E-state index in [1.807, 2.05) is 61.7 Å². The number of fused-ring (bicyclic) bond motifs is 1. The molecule has 3 aromatic rings. The van der Waals surface area contributed by atoms with Crippen LogP contribution in [-0.4, -0.2) is 40.4 Å². The fraction of sp³-hybridized carbons (Fsp3) is 0.348. The maximum Gasteiger partial charge on any atom is 0.304 e. The maximum absolute atomic E-state index is 11.3. The van der Waals surface area contributed by atoms with Gasteiger partial charge in [0.05, 0.1) is 19.1 Å². The Kier molecular flexibility index (Phi) is 7.27. The summed E-state index contributed by atoms with van der Waals surface area (Å²) in [6, 6.07) is 15.2. The third-order valence-corrected chi connectivity index (χ3v) is 4.99. The fourth-order valence-corrected chi connectivity index (χ4v) is 3.54. The van der Waals surface area contributed by atoms with Crippen LogP contribution in [0.15, 0.2) is 54.7 Å². The number of aromatic nitrogens is 1. The zero-order valence-corrected chi connectivity index (χ0v) is 16.6. The number of aromatic amines is 1. The Morgan fingerprint density at radius 2 is 1.93 bits per heavy atom. The van der Waals surface area contributed by atoms with E-state index in [-0.39, 0.29) is 12.5 Å². The SMILES string of the molecule is CCOc1ccc(C(O)CCNC(CC(=O)O)Cc2c[nH]c3ccccc23)cc1. The summed E-state index contributed by atoms with van der Waals surface area (Å²) in [7, 11) is 0. The topological polar surface area (TPSA) is 94.6 Å². The van der Waals surface area contributed by atoms with Gasteiger partial charge in [-0.2, -0.15) is 0 Å². The molecule has 0 fully saturated rings. The van der Waals surface area contributed by atoms with Gasteiger partial charge in [0.2, 0.25) is 0 Å². The molecule has 0 saturated carbocycles. The van der Waals surface area contributed by atoms with E-state index < -0.39 is 12.1 Å². The average molecular weight is 396 g/mol. The van der Waals surface area contributed by atoms with Crippen molar-refractivity contribution >= 4 is 16.9 Å². The summed E-state index contributed by atoms with van der Waals surface area (Å²) in [6.07, 6.45) is 2.46. The van der Waals surface area contributed by atoms with E-state index in [1.165, 1.54) is 0 Å². The number of hydrogen-bond acceptors (Lipinski definition) is 4. The molecule has 3 rings (SSSR count). The Morgan fingerprint density at radius 1 is 1.17 bits per heavy atom. The molecule has 0 spiro atoms. The van der Waals surface area contributed by atoms with E-state index >= 15 is 0 Å². The second kappa shape index (κ2) is 10.1. The first kappa shape index (κ1) is 20.9. The van der Waals surface area contributed by atoms with Gasteiger partial charge in [0.15, 0.2) is 0 Å². The minimum absolute atomic E-state index is 0.0264. The Hall–Kier alpha value is -2.83. The van der Waals surface area contributed by atoms with Gasteiger partial charge >= 0.3 is 5.97 Å². The Bertz CT molecular complexity index is 920. The summed E-state index contributed by atoms with van der Waals surface area (Å²) in [4.78, 5) is 14.5. The lowest BCUT2D eigenvalue weighted by Crippen LogP contribution is -2.34. The second-order valence-electron chi connectivity index (χ2n) is 7.12. The standard InChI is InChI=1S/C23H28N2O4/c1-2-29-19-9-7-16(8-10-19)22(26)11-12-24-18(14-23(27)28)13-17-15-25-21-6-4-3-5-20(17)21/h3-10,15,18,22,24-26H,2,11-14H2,1H3,(H,27,28). The van der Waals surface area contributed by atoms with Gasteiger partial charge in [-0.25, -0.2) is 0 Å². The van der Waals surface area contributed by atoms with Gasteiger partial charge in [-0.1, -0.05) is 30.3 Å². The number of aliphatic carboxylic acids is 1. The lowest BCUT2D eigenvalue weighted by molar-refractivity contribution is -0.137. The minimum Gasteiger partial charge on any atom is -0.494 e. The molecule has 29 heavy (non-hydrogen) atoms. The molecule has 2 aromatic carbocycles. The number of carbonyl (C=O) groups is 1. The lowest BCUT2D eigenvalue weighted by Gasteiger charge is -2.18. The molecule has 4 N–H and O–H groups in total. The lowest BCUT2D eigenvalue weighted by atomic mass is 10.0. The molecule has 6 heteroatoms. The molecule has 154 valence electrons. The van der Waals surface area contributed by atoms with Gasteiger partial charge in [0.1, 0.15) is 5.75 Å². The van der Waals surface area contributed by atoms with E-state index in [9.17, 15) is 15.0 Å². The van der Waals surface area contributed by atoms with E-state index in [0.29, 0.717) is 26.0 Å². The molecule has 0 aliphatic heterocycles. The largest absolute Gasteiger partial charge is 0.494 e. The van der Waals surface area contributed by atoms with Crippen molar-refractivity contribution in [2.45, 2.75) is 38.3 Å². The fourth-order valence-electron chi connectivity index (χ4n) is 3.54. The summed E-state index contributed by atoms with van der Waals surface area (Å²) in [5, 5.41) is 24.1. The van der Waals surface area contributed by atoms with Crippen LogP contribution in [0.1, 0.15) is 37.0 Å². The summed E-state index contributed by atoms with van der Waals surface area (Å²) in [6.45, 7) is 3.06. The molecule has 2 unspecified atom stereocenters. The third-order valence-electron chi connectivity index (χ3n) is 4.99. The van der Waals surface area contributed by atoms with Gasteiger partial charge in [0.25, 0.3) is 0 Å². The summed E-state index contributed by atoms with van der Waals surface area (Å²) in [5.74, 6) is -0.0590. The highest BCUT2D eigenvalue weighted by atomic mass is 16.5. The van der Waals surface area contributed by atoms with Crippen molar-refractivity contribution in [3.8, 4) is 5.75 Å².